The molecular formula is C17H23N3O5S. The molecule has 3 aliphatic heterocycles. The highest BCUT2D eigenvalue weighted by Gasteiger charge is 2.41. The van der Waals surface area contributed by atoms with E-state index in [4.69, 9.17) is 15.2 Å². The maximum absolute atomic E-state index is 12.8. The molecule has 4 rings (SSSR count). The van der Waals surface area contributed by atoms with Crippen LogP contribution in [0.3, 0.4) is 0 Å². The molecule has 2 fully saturated rings. The number of hydrogen-bond donors (Lipinski definition) is 1. The summed E-state index contributed by atoms with van der Waals surface area (Å²) in [5.74, 6) is 0.766. The Labute approximate surface area is 152 Å². The number of ether oxygens (including phenoxy) is 2. The zero-order valence-electron chi connectivity index (χ0n) is 14.5. The molecule has 1 aromatic rings. The van der Waals surface area contributed by atoms with Crippen molar-refractivity contribution in [3.05, 3.63) is 18.2 Å². The summed E-state index contributed by atoms with van der Waals surface area (Å²) in [7, 11) is -3.53. The summed E-state index contributed by atoms with van der Waals surface area (Å²) in [6, 6.07) is 4.95. The van der Waals surface area contributed by atoms with Crippen molar-refractivity contribution < 1.29 is 22.7 Å². The van der Waals surface area contributed by atoms with Gasteiger partial charge in [-0.25, -0.2) is 8.42 Å². The van der Waals surface area contributed by atoms with Gasteiger partial charge < -0.3 is 15.2 Å². The van der Waals surface area contributed by atoms with E-state index >= 15 is 0 Å². The molecule has 0 bridgehead atoms. The Morgan fingerprint density at radius 1 is 1.08 bits per heavy atom. The molecule has 0 spiro atoms. The number of primary amides is 1. The highest BCUT2D eigenvalue weighted by atomic mass is 32.2. The van der Waals surface area contributed by atoms with Crippen LogP contribution in [0.5, 0.6) is 11.5 Å². The van der Waals surface area contributed by atoms with E-state index in [0.29, 0.717) is 37.8 Å². The van der Waals surface area contributed by atoms with Gasteiger partial charge in [0.2, 0.25) is 15.9 Å². The zero-order chi connectivity index (χ0) is 18.3. The van der Waals surface area contributed by atoms with Crippen LogP contribution < -0.4 is 15.2 Å². The molecule has 0 radical (unpaired) electrons. The molecule has 0 unspecified atom stereocenters. The van der Waals surface area contributed by atoms with Gasteiger partial charge in [0, 0.05) is 31.1 Å². The van der Waals surface area contributed by atoms with Gasteiger partial charge in [-0.3, -0.25) is 9.69 Å². The third kappa shape index (κ3) is 3.15. The minimum Gasteiger partial charge on any atom is -0.486 e. The van der Waals surface area contributed by atoms with Crippen LogP contribution in [-0.2, 0) is 14.8 Å². The van der Waals surface area contributed by atoms with Gasteiger partial charge in [0.05, 0.1) is 4.90 Å². The minimum atomic E-state index is -3.53. The molecule has 0 aliphatic carbocycles. The molecule has 8 nitrogen and oxygen atoms in total. The number of carbonyl (C=O) groups is 1. The van der Waals surface area contributed by atoms with Crippen molar-refractivity contribution in [3.63, 3.8) is 0 Å². The second-order valence-electron chi connectivity index (χ2n) is 6.99. The molecule has 0 saturated carbocycles. The maximum Gasteiger partial charge on any atom is 0.243 e. The Bertz CT molecular complexity index is 799. The molecule has 0 aromatic heterocycles. The Morgan fingerprint density at radius 2 is 1.73 bits per heavy atom. The van der Waals surface area contributed by atoms with Crippen LogP contribution in [0.15, 0.2) is 23.1 Å². The van der Waals surface area contributed by atoms with E-state index in [1.54, 1.807) is 12.1 Å². The van der Waals surface area contributed by atoms with Crippen molar-refractivity contribution >= 4 is 15.9 Å². The molecule has 142 valence electrons. The van der Waals surface area contributed by atoms with Gasteiger partial charge in [0.25, 0.3) is 0 Å². The fourth-order valence-electron chi connectivity index (χ4n) is 3.73. The van der Waals surface area contributed by atoms with Crippen LogP contribution >= 0.6 is 0 Å². The lowest BCUT2D eigenvalue weighted by atomic mass is 9.94. The average Bonchev–Trinajstić information content (AvgIpc) is 2.60. The summed E-state index contributed by atoms with van der Waals surface area (Å²) >= 11 is 0. The summed E-state index contributed by atoms with van der Waals surface area (Å²) in [5, 5.41) is 0. The first kappa shape index (κ1) is 17.6. The first-order chi connectivity index (χ1) is 12.4. The number of rotatable bonds is 4. The third-order valence-corrected chi connectivity index (χ3v) is 7.26. The average molecular weight is 381 g/mol. The second-order valence-corrected chi connectivity index (χ2v) is 8.93. The van der Waals surface area contributed by atoms with E-state index in [9.17, 15) is 13.2 Å². The smallest absolute Gasteiger partial charge is 0.243 e. The van der Waals surface area contributed by atoms with Crippen molar-refractivity contribution in [3.8, 4) is 11.5 Å². The number of nitrogens with zero attached hydrogens (tertiary/aromatic N) is 2. The number of nitrogens with two attached hydrogens (primary N) is 1. The lowest BCUT2D eigenvalue weighted by Crippen LogP contribution is -2.62. The van der Waals surface area contributed by atoms with Gasteiger partial charge in [0.15, 0.2) is 11.5 Å². The third-order valence-electron chi connectivity index (χ3n) is 5.43. The first-order valence-corrected chi connectivity index (χ1v) is 10.3. The second kappa shape index (κ2) is 6.71. The normalized spacial score (nSPS) is 22.8. The number of likely N-dealkylation sites (tertiary alicyclic amines) is 1. The van der Waals surface area contributed by atoms with E-state index < -0.39 is 10.0 Å². The first-order valence-electron chi connectivity index (χ1n) is 8.88. The topological polar surface area (TPSA) is 102 Å². The molecule has 1 amide bonds. The standard InChI is InChI=1S/C17H23N3O5S/c18-17(21)12-3-5-19(6-4-12)13-10-20(11-13)26(22,23)14-1-2-15-16(9-14)25-8-7-24-15/h1-2,9,12-13H,3-8,10-11H2,(H2,18,21). The highest BCUT2D eigenvalue weighted by molar-refractivity contribution is 7.89. The molecule has 2 saturated heterocycles. The molecule has 3 heterocycles. The lowest BCUT2D eigenvalue weighted by Gasteiger charge is -2.46. The minimum absolute atomic E-state index is 0.0520. The predicted octanol–water partition coefficient (Wildman–Crippen LogP) is 0.0280. The summed E-state index contributed by atoms with van der Waals surface area (Å²) in [4.78, 5) is 13.7. The number of carbonyl (C=O) groups excluding carboxylic acids is 1. The summed E-state index contributed by atoms with van der Waals surface area (Å²) in [5.41, 5.74) is 5.36. The van der Waals surface area contributed by atoms with Gasteiger partial charge in [-0.05, 0) is 38.1 Å². The fraction of sp³-hybridized carbons (Fsp3) is 0.588. The zero-order valence-corrected chi connectivity index (χ0v) is 15.3. The van der Waals surface area contributed by atoms with Crippen molar-refractivity contribution in [2.24, 2.45) is 11.7 Å². The Kier molecular flexibility index (Phi) is 4.54. The maximum atomic E-state index is 12.8. The van der Waals surface area contributed by atoms with E-state index in [-0.39, 0.29) is 22.8 Å². The number of sulfonamides is 1. The molecule has 2 N–H and O–H groups in total. The Morgan fingerprint density at radius 3 is 2.38 bits per heavy atom. The molecule has 26 heavy (non-hydrogen) atoms. The van der Waals surface area contributed by atoms with Gasteiger partial charge in [0.1, 0.15) is 13.2 Å². The Hall–Kier alpha value is -1.84. The molecule has 1 aromatic carbocycles. The monoisotopic (exact) mass is 381 g/mol. The number of fused-ring (bicyclic) bond motifs is 1. The van der Waals surface area contributed by atoms with Gasteiger partial charge in [-0.1, -0.05) is 0 Å². The number of piperidine rings is 1. The number of amides is 1. The summed E-state index contributed by atoms with van der Waals surface area (Å²) in [6.07, 6.45) is 1.50. The highest BCUT2D eigenvalue weighted by Crippen LogP contribution is 2.34. The lowest BCUT2D eigenvalue weighted by molar-refractivity contribution is -0.123. The van der Waals surface area contributed by atoms with Crippen LogP contribution in [0.2, 0.25) is 0 Å². The van der Waals surface area contributed by atoms with Crippen molar-refractivity contribution in [1.82, 2.24) is 9.21 Å². The molecule has 9 heteroatoms. The van der Waals surface area contributed by atoms with Crippen molar-refractivity contribution in [1.29, 1.82) is 0 Å². The number of benzene rings is 1. The SMILES string of the molecule is NC(=O)C1CCN(C2CN(S(=O)(=O)c3ccc4c(c3)OCCO4)C2)CC1. The van der Waals surface area contributed by atoms with Crippen LogP contribution in [0.25, 0.3) is 0 Å². The fourth-order valence-corrected chi connectivity index (χ4v) is 5.26. The van der Waals surface area contributed by atoms with Gasteiger partial charge in [-0.15, -0.1) is 0 Å². The van der Waals surface area contributed by atoms with E-state index in [0.717, 1.165) is 25.9 Å². The summed E-state index contributed by atoms with van der Waals surface area (Å²) in [6.45, 7) is 3.41. The Balaban J connectivity index is 1.38. The van der Waals surface area contributed by atoms with Crippen molar-refractivity contribution in [2.45, 2.75) is 23.8 Å². The molecular weight excluding hydrogens is 358 g/mol. The molecule has 3 aliphatic rings. The van der Waals surface area contributed by atoms with Crippen LogP contribution in [-0.4, -0.2) is 69.0 Å². The van der Waals surface area contributed by atoms with Crippen LogP contribution in [0.4, 0.5) is 0 Å². The largest absolute Gasteiger partial charge is 0.486 e. The quantitative estimate of drug-likeness (QED) is 0.789. The van der Waals surface area contributed by atoms with Crippen molar-refractivity contribution in [2.75, 3.05) is 39.4 Å². The summed E-state index contributed by atoms with van der Waals surface area (Å²) < 4.78 is 38.1. The number of hydrogen-bond acceptors (Lipinski definition) is 6. The predicted molar refractivity (Wildman–Crippen MR) is 93.5 cm³/mol. The van der Waals surface area contributed by atoms with E-state index in [2.05, 4.69) is 4.90 Å². The molecule has 0 atom stereocenters. The van der Waals surface area contributed by atoms with Crippen LogP contribution in [0, 0.1) is 5.92 Å². The van der Waals surface area contributed by atoms with E-state index in [1.807, 2.05) is 0 Å². The van der Waals surface area contributed by atoms with E-state index in [1.165, 1.54) is 10.4 Å². The van der Waals surface area contributed by atoms with Crippen LogP contribution in [0.1, 0.15) is 12.8 Å². The van der Waals surface area contributed by atoms with Gasteiger partial charge in [-0.2, -0.15) is 4.31 Å². The van der Waals surface area contributed by atoms with Gasteiger partial charge >= 0.3 is 0 Å².